The summed E-state index contributed by atoms with van der Waals surface area (Å²) in [6, 6.07) is 5.17. The second-order valence-electron chi connectivity index (χ2n) is 7.20. The van der Waals surface area contributed by atoms with Gasteiger partial charge < -0.3 is 14.4 Å². The topological polar surface area (TPSA) is 54.9 Å². The van der Waals surface area contributed by atoms with E-state index in [1.165, 1.54) is 11.3 Å². The zero-order chi connectivity index (χ0) is 16.6. The van der Waals surface area contributed by atoms with Gasteiger partial charge in [0, 0.05) is 34.9 Å². The summed E-state index contributed by atoms with van der Waals surface area (Å²) in [6.07, 6.45) is 2.04. The Kier molecular flexibility index (Phi) is 4.44. The van der Waals surface area contributed by atoms with Crippen molar-refractivity contribution >= 4 is 11.0 Å². The normalized spacial score (nSPS) is 24.9. The van der Waals surface area contributed by atoms with Crippen LogP contribution in [0.3, 0.4) is 0 Å². The van der Waals surface area contributed by atoms with Gasteiger partial charge in [-0.1, -0.05) is 20.8 Å². The number of nitrogens with one attached hydrogen (secondary N) is 1. The lowest BCUT2D eigenvalue weighted by atomic mass is 9.91. The maximum Gasteiger partial charge on any atom is 0.336 e. The van der Waals surface area contributed by atoms with Gasteiger partial charge in [0.2, 0.25) is 0 Å². The molecule has 0 saturated carbocycles. The lowest BCUT2D eigenvalue weighted by molar-refractivity contribution is -0.925. The summed E-state index contributed by atoms with van der Waals surface area (Å²) in [5.74, 6) is 1.64. The lowest BCUT2D eigenvalue weighted by Crippen LogP contribution is -3.13. The predicted molar refractivity (Wildman–Crippen MR) is 90.9 cm³/mol. The van der Waals surface area contributed by atoms with Crippen molar-refractivity contribution in [2.24, 2.45) is 11.8 Å². The van der Waals surface area contributed by atoms with Gasteiger partial charge in [-0.25, -0.2) is 4.79 Å². The quantitative estimate of drug-likeness (QED) is 0.853. The number of aryl methyl sites for hydroxylation is 1. The fraction of sp³-hybridized carbons (Fsp3) is 0.526. The molecule has 2 atom stereocenters. The Hall–Kier alpha value is -1.81. The van der Waals surface area contributed by atoms with Gasteiger partial charge in [-0.3, -0.25) is 0 Å². The maximum atomic E-state index is 11.9. The Bertz CT molecular complexity index is 755. The number of benzene rings is 1. The van der Waals surface area contributed by atoms with Gasteiger partial charge in [-0.05, 0) is 24.5 Å². The van der Waals surface area contributed by atoms with Crippen LogP contribution in [0.25, 0.3) is 11.0 Å². The first kappa shape index (κ1) is 16.1. The monoisotopic (exact) mass is 316 g/mol. The van der Waals surface area contributed by atoms with E-state index in [1.807, 2.05) is 13.0 Å². The summed E-state index contributed by atoms with van der Waals surface area (Å²) < 4.78 is 5.29. The molecular weight excluding hydrogens is 290 g/mol. The highest BCUT2D eigenvalue weighted by atomic mass is 16.4. The molecule has 2 aromatic rings. The summed E-state index contributed by atoms with van der Waals surface area (Å²) in [7, 11) is 0. The third-order valence-electron chi connectivity index (χ3n) is 4.93. The highest BCUT2D eigenvalue weighted by molar-refractivity contribution is 5.82. The number of phenolic OH excluding ortho intramolecular Hbond substituents is 1. The zero-order valence-electron chi connectivity index (χ0n) is 14.2. The van der Waals surface area contributed by atoms with Crippen LogP contribution >= 0.6 is 0 Å². The zero-order valence-corrected chi connectivity index (χ0v) is 14.2. The Morgan fingerprint density at radius 1 is 1.17 bits per heavy atom. The average Bonchev–Trinajstić information content (AvgIpc) is 2.45. The molecule has 0 spiro atoms. The molecular formula is C19H26NO3+. The first-order valence-corrected chi connectivity index (χ1v) is 8.58. The fourth-order valence-electron chi connectivity index (χ4n) is 4.07. The van der Waals surface area contributed by atoms with E-state index in [9.17, 15) is 9.90 Å². The van der Waals surface area contributed by atoms with E-state index in [-0.39, 0.29) is 11.4 Å². The van der Waals surface area contributed by atoms with E-state index in [0.29, 0.717) is 5.58 Å². The Balaban J connectivity index is 2.00. The Morgan fingerprint density at radius 2 is 1.87 bits per heavy atom. The SMILES string of the molecule is CCc1cc2c(C[NH+]3C[C@H](C)C[C@@H](C)C3)cc(=O)oc2cc1O. The van der Waals surface area contributed by atoms with Gasteiger partial charge in [-0.2, -0.15) is 0 Å². The number of fused-ring (bicyclic) bond motifs is 1. The molecule has 0 aliphatic carbocycles. The fourth-order valence-corrected chi connectivity index (χ4v) is 4.07. The van der Waals surface area contributed by atoms with E-state index >= 15 is 0 Å². The van der Waals surface area contributed by atoms with Crippen molar-refractivity contribution in [1.29, 1.82) is 0 Å². The molecule has 2 N–H and O–H groups in total. The number of rotatable bonds is 3. The molecule has 1 saturated heterocycles. The first-order chi connectivity index (χ1) is 11.0. The minimum Gasteiger partial charge on any atom is -0.508 e. The van der Waals surface area contributed by atoms with Gasteiger partial charge >= 0.3 is 5.63 Å². The van der Waals surface area contributed by atoms with Crippen LogP contribution in [0.15, 0.2) is 27.4 Å². The summed E-state index contributed by atoms with van der Waals surface area (Å²) in [6.45, 7) is 9.75. The van der Waals surface area contributed by atoms with E-state index in [0.717, 1.165) is 54.4 Å². The number of phenols is 1. The predicted octanol–water partition coefficient (Wildman–Crippen LogP) is 2.12. The molecule has 23 heavy (non-hydrogen) atoms. The van der Waals surface area contributed by atoms with Crippen LogP contribution in [0.1, 0.15) is 38.3 Å². The van der Waals surface area contributed by atoms with Crippen LogP contribution in [-0.4, -0.2) is 18.2 Å². The second kappa shape index (κ2) is 6.36. The van der Waals surface area contributed by atoms with Gasteiger partial charge in [0.05, 0.1) is 13.1 Å². The number of aromatic hydroxyl groups is 1. The summed E-state index contributed by atoms with van der Waals surface area (Å²) in [5.41, 5.74) is 2.07. The van der Waals surface area contributed by atoms with Crippen LogP contribution in [0.2, 0.25) is 0 Å². The Labute approximate surface area is 136 Å². The minimum atomic E-state index is -0.339. The summed E-state index contributed by atoms with van der Waals surface area (Å²) >= 11 is 0. The molecule has 0 unspecified atom stereocenters. The molecule has 1 fully saturated rings. The van der Waals surface area contributed by atoms with Gasteiger partial charge in [0.1, 0.15) is 17.9 Å². The number of hydrogen-bond donors (Lipinski definition) is 2. The average molecular weight is 316 g/mol. The molecule has 1 aromatic carbocycles. The Morgan fingerprint density at radius 3 is 2.52 bits per heavy atom. The number of piperidine rings is 1. The van der Waals surface area contributed by atoms with Crippen molar-refractivity contribution in [2.45, 2.75) is 40.2 Å². The van der Waals surface area contributed by atoms with Crippen molar-refractivity contribution in [3.63, 3.8) is 0 Å². The van der Waals surface area contributed by atoms with Gasteiger partial charge in [-0.15, -0.1) is 0 Å². The lowest BCUT2D eigenvalue weighted by Gasteiger charge is -2.32. The minimum absolute atomic E-state index is 0.202. The van der Waals surface area contributed by atoms with Crippen molar-refractivity contribution < 1.29 is 14.4 Å². The van der Waals surface area contributed by atoms with Crippen LogP contribution in [0, 0.1) is 11.8 Å². The van der Waals surface area contributed by atoms with Gasteiger partial charge in [0.25, 0.3) is 0 Å². The first-order valence-electron chi connectivity index (χ1n) is 8.58. The number of likely N-dealkylation sites (tertiary alicyclic amines) is 1. The van der Waals surface area contributed by atoms with E-state index < -0.39 is 0 Å². The molecule has 2 heterocycles. The molecule has 1 aliphatic heterocycles. The maximum absolute atomic E-state index is 11.9. The van der Waals surface area contributed by atoms with Crippen molar-refractivity contribution in [2.75, 3.05) is 13.1 Å². The van der Waals surface area contributed by atoms with Crippen LogP contribution in [-0.2, 0) is 13.0 Å². The second-order valence-corrected chi connectivity index (χ2v) is 7.20. The summed E-state index contributed by atoms with van der Waals surface area (Å²) in [4.78, 5) is 13.4. The molecule has 3 rings (SSSR count). The van der Waals surface area contributed by atoms with Gasteiger partial charge in [0.15, 0.2) is 0 Å². The van der Waals surface area contributed by atoms with Crippen LogP contribution < -0.4 is 10.5 Å². The molecule has 0 bridgehead atoms. The van der Waals surface area contributed by atoms with Crippen LogP contribution in [0.5, 0.6) is 5.75 Å². The van der Waals surface area contributed by atoms with Crippen LogP contribution in [0.4, 0.5) is 0 Å². The van der Waals surface area contributed by atoms with E-state index in [2.05, 4.69) is 13.8 Å². The standard InChI is InChI=1S/C19H25NO3/c1-4-14-6-16-15(7-19(22)23-18(16)8-17(14)21)11-20-9-12(2)5-13(3)10-20/h6-8,12-13,21H,4-5,9-11H2,1-3H3/p+1/t12-,13-/m1/s1. The van der Waals surface area contributed by atoms with Crippen molar-refractivity contribution in [3.8, 4) is 5.75 Å². The third-order valence-corrected chi connectivity index (χ3v) is 4.93. The highest BCUT2D eigenvalue weighted by Crippen LogP contribution is 2.26. The molecule has 0 amide bonds. The van der Waals surface area contributed by atoms with Crippen molar-refractivity contribution in [3.05, 3.63) is 39.7 Å². The largest absolute Gasteiger partial charge is 0.508 e. The number of quaternary nitrogens is 1. The molecule has 1 aliphatic rings. The smallest absolute Gasteiger partial charge is 0.336 e. The molecule has 1 aromatic heterocycles. The molecule has 4 heteroatoms. The number of hydrogen-bond acceptors (Lipinski definition) is 3. The molecule has 124 valence electrons. The summed E-state index contributed by atoms with van der Waals surface area (Å²) in [5, 5.41) is 11.0. The molecule has 4 nitrogen and oxygen atoms in total. The van der Waals surface area contributed by atoms with E-state index in [4.69, 9.17) is 4.42 Å². The van der Waals surface area contributed by atoms with E-state index in [1.54, 1.807) is 12.1 Å². The van der Waals surface area contributed by atoms with Crippen molar-refractivity contribution in [1.82, 2.24) is 0 Å². The third kappa shape index (κ3) is 3.42. The molecule has 0 radical (unpaired) electrons. The highest BCUT2D eigenvalue weighted by Gasteiger charge is 2.26.